The van der Waals surface area contributed by atoms with Gasteiger partial charge in [0.1, 0.15) is 17.4 Å². The molecule has 5 heteroatoms. The maximum Gasteiger partial charge on any atom is 0.338 e. The van der Waals surface area contributed by atoms with Crippen molar-refractivity contribution in [2.45, 2.75) is 31.0 Å². The van der Waals surface area contributed by atoms with E-state index in [1.807, 2.05) is 0 Å². The van der Waals surface area contributed by atoms with Crippen molar-refractivity contribution in [1.82, 2.24) is 0 Å². The lowest BCUT2D eigenvalue weighted by molar-refractivity contribution is -0.135. The van der Waals surface area contributed by atoms with Crippen LogP contribution >= 0.6 is 0 Å². The smallest absolute Gasteiger partial charge is 0.338 e. The Balaban J connectivity index is 2.47. The zero-order chi connectivity index (χ0) is 11.3. The summed E-state index contributed by atoms with van der Waals surface area (Å²) in [5.74, 6) is -1.24. The van der Waals surface area contributed by atoms with Crippen LogP contribution < -0.4 is 0 Å². The molecule has 1 aliphatic carbocycles. The van der Waals surface area contributed by atoms with Crippen LogP contribution in [0.3, 0.4) is 0 Å². The summed E-state index contributed by atoms with van der Waals surface area (Å²) in [6.45, 7) is 1.53. The zero-order valence-electron chi connectivity index (χ0n) is 8.23. The third kappa shape index (κ3) is 1.27. The summed E-state index contributed by atoms with van der Waals surface area (Å²) in [4.78, 5) is 10.9. The van der Waals surface area contributed by atoms with Gasteiger partial charge in [-0.15, -0.1) is 0 Å². The van der Waals surface area contributed by atoms with Gasteiger partial charge < -0.3 is 20.1 Å². The molecule has 1 fully saturated rings. The second kappa shape index (κ2) is 2.84. The van der Waals surface area contributed by atoms with Gasteiger partial charge in [0.25, 0.3) is 0 Å². The average molecular weight is 212 g/mol. The van der Waals surface area contributed by atoms with Gasteiger partial charge in [-0.2, -0.15) is 0 Å². The molecule has 3 N–H and O–H groups in total. The van der Waals surface area contributed by atoms with Crippen LogP contribution in [-0.2, 0) is 9.53 Å². The summed E-state index contributed by atoms with van der Waals surface area (Å²) in [5, 5.41) is 29.0. The van der Waals surface area contributed by atoms with Gasteiger partial charge in [0, 0.05) is 5.57 Å². The van der Waals surface area contributed by atoms with Crippen LogP contribution in [0.15, 0.2) is 23.7 Å². The number of hydrogen-bond acceptors (Lipinski definition) is 4. The van der Waals surface area contributed by atoms with E-state index in [2.05, 4.69) is 0 Å². The highest BCUT2D eigenvalue weighted by molar-refractivity contribution is 5.90. The van der Waals surface area contributed by atoms with Gasteiger partial charge in [-0.05, 0) is 19.8 Å². The van der Waals surface area contributed by atoms with Crippen LogP contribution in [0.4, 0.5) is 0 Å². The van der Waals surface area contributed by atoms with Gasteiger partial charge in [-0.3, -0.25) is 0 Å². The van der Waals surface area contributed by atoms with Gasteiger partial charge in [0.2, 0.25) is 0 Å². The highest BCUT2D eigenvalue weighted by Crippen LogP contribution is 2.48. The Bertz CT molecular complexity index is 379. The number of fused-ring (bicyclic) bond motifs is 1. The van der Waals surface area contributed by atoms with E-state index in [4.69, 9.17) is 9.84 Å². The number of hydrogen-bond donors (Lipinski definition) is 3. The lowest BCUT2D eigenvalue weighted by atomic mass is 9.85. The number of ether oxygens (including phenoxy) is 1. The first-order chi connectivity index (χ1) is 6.88. The summed E-state index contributed by atoms with van der Waals surface area (Å²) in [6, 6.07) is 0. The fraction of sp³-hybridized carbons (Fsp3) is 0.500. The van der Waals surface area contributed by atoms with Crippen molar-refractivity contribution >= 4 is 5.97 Å². The summed E-state index contributed by atoms with van der Waals surface area (Å²) in [7, 11) is 0. The van der Waals surface area contributed by atoms with Crippen LogP contribution in [0.5, 0.6) is 0 Å². The number of carboxylic acids is 1. The summed E-state index contributed by atoms with van der Waals surface area (Å²) in [5.41, 5.74) is -2.80. The Morgan fingerprint density at radius 1 is 1.40 bits per heavy atom. The normalized spacial score (nSPS) is 38.9. The Morgan fingerprint density at radius 3 is 2.67 bits per heavy atom. The van der Waals surface area contributed by atoms with E-state index in [0.29, 0.717) is 6.42 Å². The van der Waals surface area contributed by atoms with Crippen LogP contribution in [-0.4, -0.2) is 32.5 Å². The van der Waals surface area contributed by atoms with E-state index in [9.17, 15) is 15.0 Å². The molecule has 1 heterocycles. The molecule has 0 spiro atoms. The maximum atomic E-state index is 10.9. The van der Waals surface area contributed by atoms with E-state index >= 15 is 0 Å². The van der Waals surface area contributed by atoms with E-state index in [0.717, 1.165) is 6.26 Å². The van der Waals surface area contributed by atoms with Crippen molar-refractivity contribution in [1.29, 1.82) is 0 Å². The van der Waals surface area contributed by atoms with Crippen molar-refractivity contribution in [2.75, 3.05) is 0 Å². The van der Waals surface area contributed by atoms with Gasteiger partial charge in [-0.1, -0.05) is 0 Å². The van der Waals surface area contributed by atoms with E-state index < -0.39 is 17.2 Å². The quantitative estimate of drug-likeness (QED) is 0.575. The van der Waals surface area contributed by atoms with Crippen LogP contribution in [0, 0.1) is 0 Å². The average Bonchev–Trinajstić information content (AvgIpc) is 2.37. The van der Waals surface area contributed by atoms with Gasteiger partial charge >= 0.3 is 5.97 Å². The largest absolute Gasteiger partial charge is 0.478 e. The second-order valence-corrected chi connectivity index (χ2v) is 4.14. The molecule has 0 aromatic carbocycles. The summed E-state index contributed by atoms with van der Waals surface area (Å²) < 4.78 is 4.83. The minimum absolute atomic E-state index is 0.188. The molecule has 82 valence electrons. The molecule has 2 aliphatic rings. The molecule has 1 aliphatic heterocycles. The Kier molecular flexibility index (Phi) is 1.93. The highest BCUT2D eigenvalue weighted by atomic mass is 16.5. The molecule has 2 rings (SSSR count). The molecule has 1 saturated carbocycles. The number of aliphatic carboxylic acids is 1. The molecule has 15 heavy (non-hydrogen) atoms. The molecule has 0 bridgehead atoms. The summed E-state index contributed by atoms with van der Waals surface area (Å²) >= 11 is 0. The minimum Gasteiger partial charge on any atom is -0.478 e. The predicted molar refractivity (Wildman–Crippen MR) is 49.7 cm³/mol. The fourth-order valence-corrected chi connectivity index (χ4v) is 2.14. The van der Waals surface area contributed by atoms with Crippen molar-refractivity contribution in [3.8, 4) is 0 Å². The number of carbonyl (C=O) groups is 1. The fourth-order valence-electron chi connectivity index (χ4n) is 2.14. The molecular weight excluding hydrogens is 200 g/mol. The Hall–Kier alpha value is -1.33. The molecule has 0 aromatic heterocycles. The Labute approximate surface area is 86.3 Å². The first-order valence-electron chi connectivity index (χ1n) is 4.63. The lowest BCUT2D eigenvalue weighted by Gasteiger charge is -2.30. The molecular formula is C10H12O5. The monoisotopic (exact) mass is 212 g/mol. The predicted octanol–water partition coefficient (Wildman–Crippen LogP) is 0.145. The third-order valence-electron chi connectivity index (χ3n) is 3.05. The zero-order valence-corrected chi connectivity index (χ0v) is 8.23. The summed E-state index contributed by atoms with van der Waals surface area (Å²) in [6.07, 6.45) is 2.73. The number of aliphatic hydroxyl groups is 2. The van der Waals surface area contributed by atoms with Crippen molar-refractivity contribution in [2.24, 2.45) is 0 Å². The van der Waals surface area contributed by atoms with Crippen LogP contribution in [0.25, 0.3) is 0 Å². The SMILES string of the molecule is CC1(O)CCC2(O)C(C(=O)O)=COC=C12. The molecule has 0 saturated heterocycles. The van der Waals surface area contributed by atoms with Crippen molar-refractivity contribution in [3.05, 3.63) is 23.7 Å². The molecule has 0 aromatic rings. The molecule has 0 amide bonds. The van der Waals surface area contributed by atoms with Gasteiger partial charge in [0.15, 0.2) is 0 Å². The highest BCUT2D eigenvalue weighted by Gasteiger charge is 2.54. The van der Waals surface area contributed by atoms with E-state index in [1.165, 1.54) is 13.2 Å². The van der Waals surface area contributed by atoms with E-state index in [-0.39, 0.29) is 17.6 Å². The number of rotatable bonds is 1. The molecule has 0 radical (unpaired) electrons. The first kappa shape index (κ1) is 10.2. The minimum atomic E-state index is -1.59. The topological polar surface area (TPSA) is 87.0 Å². The molecule has 2 unspecified atom stereocenters. The van der Waals surface area contributed by atoms with Crippen molar-refractivity contribution < 1.29 is 24.9 Å². The van der Waals surface area contributed by atoms with Gasteiger partial charge in [-0.25, -0.2) is 4.79 Å². The second-order valence-electron chi connectivity index (χ2n) is 4.14. The van der Waals surface area contributed by atoms with Crippen LogP contribution in [0.2, 0.25) is 0 Å². The molecule has 5 nitrogen and oxygen atoms in total. The first-order valence-corrected chi connectivity index (χ1v) is 4.63. The third-order valence-corrected chi connectivity index (χ3v) is 3.05. The van der Waals surface area contributed by atoms with Crippen LogP contribution in [0.1, 0.15) is 19.8 Å². The van der Waals surface area contributed by atoms with Crippen molar-refractivity contribution in [3.63, 3.8) is 0 Å². The standard InChI is InChI=1S/C10H12O5/c1-9(13)2-3-10(14)6(8(11)12)4-15-5-7(9)10/h4-5,13-14H,2-3H2,1H3,(H,11,12). The lowest BCUT2D eigenvalue weighted by Crippen LogP contribution is -2.39. The maximum absolute atomic E-state index is 10.9. The Morgan fingerprint density at radius 2 is 2.07 bits per heavy atom. The van der Waals surface area contributed by atoms with Gasteiger partial charge in [0.05, 0.1) is 11.9 Å². The number of carboxylic acid groups (broad SMARTS) is 1. The van der Waals surface area contributed by atoms with E-state index in [1.54, 1.807) is 0 Å². The molecule has 2 atom stereocenters.